The second-order valence-corrected chi connectivity index (χ2v) is 7.11. The summed E-state index contributed by atoms with van der Waals surface area (Å²) in [5.74, 6) is 0. The molecule has 0 saturated carbocycles. The number of aromatic nitrogens is 2. The van der Waals surface area contributed by atoms with Crippen molar-refractivity contribution >= 4 is 24.3 Å². The number of benzene rings is 2. The maximum atomic E-state index is 5.95. The smallest absolute Gasteiger partial charge is 0.0685 e. The van der Waals surface area contributed by atoms with E-state index in [2.05, 4.69) is 20.1 Å². The predicted octanol–water partition coefficient (Wildman–Crippen LogP) is 4.70. The van der Waals surface area contributed by atoms with Crippen LogP contribution in [-0.2, 0) is 0 Å². The monoisotopic (exact) mass is 412 g/mol. The van der Waals surface area contributed by atoms with Gasteiger partial charge in [-0.3, -0.25) is 15.0 Å². The standard InChI is InChI=1S/C25H28N6/c1-20(26)22(18-29-24-10-5-3-6-11-24)16-27-14-9-15-28-17-23-19-31(30-21(23)2)25-12-7-4-8-13-25/h3-8,10-13,16-19H,9,14-15,26H2,1-2H3/b22-20-,27-16?,28-17?,29-18?. The Morgan fingerprint density at radius 3 is 2.35 bits per heavy atom. The molecule has 0 aliphatic heterocycles. The van der Waals surface area contributed by atoms with Crippen LogP contribution >= 0.6 is 0 Å². The van der Waals surface area contributed by atoms with Gasteiger partial charge < -0.3 is 5.73 Å². The Labute approximate surface area is 183 Å². The van der Waals surface area contributed by atoms with Crippen LogP contribution in [0.15, 0.2) is 93.1 Å². The average Bonchev–Trinajstić information content (AvgIpc) is 3.16. The average molecular weight is 413 g/mol. The van der Waals surface area contributed by atoms with E-state index >= 15 is 0 Å². The van der Waals surface area contributed by atoms with Crippen LogP contribution in [0, 0.1) is 6.92 Å². The van der Waals surface area contributed by atoms with Crippen LogP contribution in [0.1, 0.15) is 24.6 Å². The van der Waals surface area contributed by atoms with Crippen molar-refractivity contribution < 1.29 is 0 Å². The van der Waals surface area contributed by atoms with Crippen LogP contribution in [0.25, 0.3) is 5.69 Å². The van der Waals surface area contributed by atoms with Crippen LogP contribution in [0.3, 0.4) is 0 Å². The highest BCUT2D eigenvalue weighted by atomic mass is 15.3. The van der Waals surface area contributed by atoms with E-state index in [0.29, 0.717) is 18.8 Å². The fraction of sp³-hybridized carbons (Fsp3) is 0.200. The van der Waals surface area contributed by atoms with E-state index in [1.54, 1.807) is 12.4 Å². The fourth-order valence-electron chi connectivity index (χ4n) is 2.79. The minimum atomic E-state index is 0.676. The molecule has 2 N–H and O–H groups in total. The summed E-state index contributed by atoms with van der Waals surface area (Å²) in [6, 6.07) is 19.8. The maximum absolute atomic E-state index is 5.95. The summed E-state index contributed by atoms with van der Waals surface area (Å²) in [4.78, 5) is 13.4. The number of hydrogen-bond acceptors (Lipinski definition) is 5. The minimum absolute atomic E-state index is 0.676. The molecule has 0 bridgehead atoms. The molecule has 1 aromatic heterocycles. The van der Waals surface area contributed by atoms with Gasteiger partial charge in [0.05, 0.1) is 17.1 Å². The molecule has 0 aliphatic rings. The summed E-state index contributed by atoms with van der Waals surface area (Å²) < 4.78 is 1.88. The number of aliphatic imine (C=N–C) groups is 3. The fourth-order valence-corrected chi connectivity index (χ4v) is 2.79. The molecule has 3 aromatic rings. The Morgan fingerprint density at radius 1 is 0.968 bits per heavy atom. The van der Waals surface area contributed by atoms with Crippen LogP contribution in [0.4, 0.5) is 5.69 Å². The molecule has 0 spiro atoms. The van der Waals surface area contributed by atoms with Crippen molar-refractivity contribution in [3.8, 4) is 5.69 Å². The normalized spacial score (nSPS) is 12.8. The Hall–Kier alpha value is -3.80. The third-order valence-electron chi connectivity index (χ3n) is 4.56. The van der Waals surface area contributed by atoms with Crippen molar-refractivity contribution in [1.82, 2.24) is 9.78 Å². The first-order valence-electron chi connectivity index (χ1n) is 10.3. The molecule has 0 amide bonds. The minimum Gasteiger partial charge on any atom is -0.402 e. The second kappa shape index (κ2) is 11.4. The molecule has 1 heterocycles. The van der Waals surface area contributed by atoms with Gasteiger partial charge >= 0.3 is 0 Å². The van der Waals surface area contributed by atoms with Gasteiger partial charge in [0.15, 0.2) is 0 Å². The van der Waals surface area contributed by atoms with Crippen molar-refractivity contribution in [1.29, 1.82) is 0 Å². The SMILES string of the molecule is C/C(N)=C(\C=NCCCN=Cc1cn(-c2ccccc2)nc1C)C=Nc1ccccc1. The third-order valence-corrected chi connectivity index (χ3v) is 4.56. The van der Waals surface area contributed by atoms with E-state index in [1.165, 1.54) is 0 Å². The molecule has 0 unspecified atom stereocenters. The van der Waals surface area contributed by atoms with Gasteiger partial charge in [-0.15, -0.1) is 0 Å². The Kier molecular flexibility index (Phi) is 8.05. The molecule has 6 heteroatoms. The van der Waals surface area contributed by atoms with E-state index in [-0.39, 0.29) is 0 Å². The zero-order valence-electron chi connectivity index (χ0n) is 18.0. The van der Waals surface area contributed by atoms with Crippen molar-refractivity contribution in [3.63, 3.8) is 0 Å². The Morgan fingerprint density at radius 2 is 1.65 bits per heavy atom. The molecule has 0 radical (unpaired) electrons. The number of hydrogen-bond donors (Lipinski definition) is 1. The first-order valence-corrected chi connectivity index (χ1v) is 10.3. The molecule has 31 heavy (non-hydrogen) atoms. The van der Waals surface area contributed by atoms with E-state index in [0.717, 1.165) is 34.6 Å². The van der Waals surface area contributed by atoms with E-state index < -0.39 is 0 Å². The molecular weight excluding hydrogens is 384 g/mol. The molecule has 2 aromatic carbocycles. The van der Waals surface area contributed by atoms with Crippen molar-refractivity contribution in [2.24, 2.45) is 20.7 Å². The molecular formula is C25H28N6. The predicted molar refractivity (Wildman–Crippen MR) is 130 cm³/mol. The van der Waals surface area contributed by atoms with Gasteiger partial charge in [0.1, 0.15) is 0 Å². The first kappa shape index (κ1) is 21.9. The Balaban J connectivity index is 1.47. The number of nitrogens with two attached hydrogens (primary N) is 1. The molecule has 0 aliphatic carbocycles. The Bertz CT molecular complexity index is 1070. The van der Waals surface area contributed by atoms with Crippen molar-refractivity contribution in [3.05, 3.63) is 89.4 Å². The summed E-state index contributed by atoms with van der Waals surface area (Å²) in [6.07, 6.45) is 8.26. The van der Waals surface area contributed by atoms with Crippen LogP contribution in [-0.4, -0.2) is 41.5 Å². The van der Waals surface area contributed by atoms with Crippen molar-refractivity contribution in [2.45, 2.75) is 20.3 Å². The number of allylic oxidation sites excluding steroid dienone is 2. The lowest BCUT2D eigenvalue weighted by atomic mass is 10.2. The number of rotatable bonds is 9. The highest BCUT2D eigenvalue weighted by molar-refractivity contribution is 6.05. The van der Waals surface area contributed by atoms with Crippen LogP contribution in [0.5, 0.6) is 0 Å². The molecule has 0 fully saturated rings. The largest absolute Gasteiger partial charge is 0.402 e. The summed E-state index contributed by atoms with van der Waals surface area (Å²) in [5, 5.41) is 4.56. The number of nitrogens with zero attached hydrogens (tertiary/aromatic N) is 5. The van der Waals surface area contributed by atoms with E-state index in [1.807, 2.05) is 91.6 Å². The lowest BCUT2D eigenvalue weighted by Crippen LogP contribution is -2.01. The maximum Gasteiger partial charge on any atom is 0.0685 e. The molecule has 158 valence electrons. The molecule has 0 saturated heterocycles. The lowest BCUT2D eigenvalue weighted by molar-refractivity contribution is 0.850. The lowest BCUT2D eigenvalue weighted by Gasteiger charge is -1.98. The molecule has 6 nitrogen and oxygen atoms in total. The summed E-state index contributed by atoms with van der Waals surface area (Å²) >= 11 is 0. The zero-order valence-corrected chi connectivity index (χ0v) is 18.0. The van der Waals surface area contributed by atoms with Crippen LogP contribution in [0.2, 0.25) is 0 Å². The summed E-state index contributed by atoms with van der Waals surface area (Å²) in [6.45, 7) is 5.22. The van der Waals surface area contributed by atoms with Gasteiger partial charge in [0.25, 0.3) is 0 Å². The van der Waals surface area contributed by atoms with Crippen molar-refractivity contribution in [2.75, 3.05) is 13.1 Å². The van der Waals surface area contributed by atoms with Gasteiger partial charge in [-0.25, -0.2) is 4.68 Å². The highest BCUT2D eigenvalue weighted by Gasteiger charge is 2.03. The van der Waals surface area contributed by atoms with Crippen LogP contribution < -0.4 is 5.73 Å². The highest BCUT2D eigenvalue weighted by Crippen LogP contribution is 2.11. The summed E-state index contributed by atoms with van der Waals surface area (Å²) in [5.41, 5.74) is 11.4. The van der Waals surface area contributed by atoms with Gasteiger partial charge in [0.2, 0.25) is 0 Å². The van der Waals surface area contributed by atoms with Gasteiger partial charge in [-0.2, -0.15) is 5.10 Å². The van der Waals surface area contributed by atoms with Gasteiger partial charge in [0, 0.05) is 54.8 Å². The number of para-hydroxylation sites is 2. The first-order chi connectivity index (χ1) is 15.1. The molecule has 0 atom stereocenters. The number of aryl methyl sites for hydroxylation is 1. The third kappa shape index (κ3) is 6.89. The second-order valence-electron chi connectivity index (χ2n) is 7.11. The van der Waals surface area contributed by atoms with Gasteiger partial charge in [-0.05, 0) is 44.5 Å². The van der Waals surface area contributed by atoms with Gasteiger partial charge in [-0.1, -0.05) is 36.4 Å². The van der Waals surface area contributed by atoms with E-state index in [4.69, 9.17) is 5.73 Å². The summed E-state index contributed by atoms with van der Waals surface area (Å²) in [7, 11) is 0. The zero-order chi connectivity index (χ0) is 21.9. The molecule has 3 rings (SSSR count). The van der Waals surface area contributed by atoms with E-state index in [9.17, 15) is 0 Å². The topological polar surface area (TPSA) is 80.9 Å². The quantitative estimate of drug-likeness (QED) is 0.408.